The molecule has 1 aromatic carbocycles. The lowest BCUT2D eigenvalue weighted by Gasteiger charge is -2.06. The number of fused-ring (bicyclic) bond motifs is 1. The largest absolute Gasteiger partial charge is 0.481 e. The van der Waals surface area contributed by atoms with Crippen molar-refractivity contribution in [2.24, 2.45) is 0 Å². The zero-order valence-corrected chi connectivity index (χ0v) is 8.93. The van der Waals surface area contributed by atoms with Crippen LogP contribution in [0.15, 0.2) is 24.4 Å². The summed E-state index contributed by atoms with van der Waals surface area (Å²) in [7, 11) is 1.50. The standard InChI is InChI=1S/C11H10N2O3/c1-7-6-12-11(16-2)8-4-3-5-9(10(7)8)13(14)15/h3-6H,1-2H3. The fourth-order valence-corrected chi connectivity index (χ4v) is 1.74. The van der Waals surface area contributed by atoms with E-state index in [0.717, 1.165) is 5.56 Å². The van der Waals surface area contributed by atoms with Crippen molar-refractivity contribution < 1.29 is 9.66 Å². The van der Waals surface area contributed by atoms with E-state index in [0.29, 0.717) is 16.7 Å². The minimum absolute atomic E-state index is 0.0794. The number of rotatable bonds is 2. The average molecular weight is 218 g/mol. The van der Waals surface area contributed by atoms with Gasteiger partial charge in [0.1, 0.15) is 0 Å². The number of aryl methyl sites for hydroxylation is 1. The molecule has 16 heavy (non-hydrogen) atoms. The van der Waals surface area contributed by atoms with E-state index in [1.54, 1.807) is 25.3 Å². The Hall–Kier alpha value is -2.17. The number of non-ortho nitro benzene ring substituents is 1. The van der Waals surface area contributed by atoms with Crippen molar-refractivity contribution in [3.8, 4) is 5.88 Å². The van der Waals surface area contributed by atoms with Crippen LogP contribution in [0.2, 0.25) is 0 Å². The number of aromatic nitrogens is 1. The van der Waals surface area contributed by atoms with Crippen molar-refractivity contribution >= 4 is 16.5 Å². The third-order valence-corrected chi connectivity index (χ3v) is 2.43. The van der Waals surface area contributed by atoms with Crippen molar-refractivity contribution in [1.29, 1.82) is 0 Å². The first-order valence-corrected chi connectivity index (χ1v) is 4.72. The lowest BCUT2D eigenvalue weighted by molar-refractivity contribution is -0.383. The molecule has 5 nitrogen and oxygen atoms in total. The molecule has 1 aromatic heterocycles. The lowest BCUT2D eigenvalue weighted by Crippen LogP contribution is -1.95. The highest BCUT2D eigenvalue weighted by Crippen LogP contribution is 2.32. The predicted molar refractivity (Wildman–Crippen MR) is 59.7 cm³/mol. The molecule has 1 heterocycles. The SMILES string of the molecule is COc1ncc(C)c2c([N+](=O)[O-])cccc12. The van der Waals surface area contributed by atoms with Crippen LogP contribution in [0.5, 0.6) is 5.88 Å². The molecular formula is C11H10N2O3. The second-order valence-corrected chi connectivity index (χ2v) is 3.41. The molecular weight excluding hydrogens is 208 g/mol. The molecule has 82 valence electrons. The van der Waals surface area contributed by atoms with E-state index in [9.17, 15) is 10.1 Å². The smallest absolute Gasteiger partial charge is 0.277 e. The summed E-state index contributed by atoms with van der Waals surface area (Å²) in [6.45, 7) is 1.79. The third-order valence-electron chi connectivity index (χ3n) is 2.43. The van der Waals surface area contributed by atoms with Gasteiger partial charge >= 0.3 is 0 Å². The van der Waals surface area contributed by atoms with E-state index in [2.05, 4.69) is 4.98 Å². The van der Waals surface area contributed by atoms with E-state index < -0.39 is 4.92 Å². The van der Waals surface area contributed by atoms with Gasteiger partial charge in [-0.15, -0.1) is 0 Å². The van der Waals surface area contributed by atoms with Gasteiger partial charge in [-0.05, 0) is 18.6 Å². The number of nitrogens with zero attached hydrogens (tertiary/aromatic N) is 2. The number of hydrogen-bond donors (Lipinski definition) is 0. The van der Waals surface area contributed by atoms with Crippen LogP contribution in [0.4, 0.5) is 5.69 Å². The topological polar surface area (TPSA) is 65.3 Å². The quantitative estimate of drug-likeness (QED) is 0.573. The number of benzene rings is 1. The summed E-state index contributed by atoms with van der Waals surface area (Å²) in [4.78, 5) is 14.6. The minimum atomic E-state index is -0.394. The molecule has 2 rings (SSSR count). The van der Waals surface area contributed by atoms with Crippen molar-refractivity contribution in [3.05, 3.63) is 40.1 Å². The van der Waals surface area contributed by atoms with Crippen LogP contribution >= 0.6 is 0 Å². The van der Waals surface area contributed by atoms with Gasteiger partial charge in [0.05, 0.1) is 22.8 Å². The summed E-state index contributed by atoms with van der Waals surface area (Å²) < 4.78 is 5.08. The Bertz CT molecular complexity index is 566. The van der Waals surface area contributed by atoms with E-state index in [4.69, 9.17) is 4.74 Å². The molecule has 2 aromatic rings. The van der Waals surface area contributed by atoms with Crippen LogP contribution in [0, 0.1) is 17.0 Å². The van der Waals surface area contributed by atoms with Gasteiger partial charge in [0.15, 0.2) is 0 Å². The van der Waals surface area contributed by atoms with Crippen molar-refractivity contribution in [1.82, 2.24) is 4.98 Å². The first kappa shape index (κ1) is 10.4. The van der Waals surface area contributed by atoms with E-state index in [-0.39, 0.29) is 5.69 Å². The Balaban J connectivity index is 2.91. The predicted octanol–water partition coefficient (Wildman–Crippen LogP) is 2.46. The summed E-state index contributed by atoms with van der Waals surface area (Å²) in [5, 5.41) is 12.2. The molecule has 0 radical (unpaired) electrons. The molecule has 0 N–H and O–H groups in total. The molecule has 0 aliphatic carbocycles. The molecule has 0 atom stereocenters. The zero-order valence-electron chi connectivity index (χ0n) is 8.93. The normalized spacial score (nSPS) is 10.4. The van der Waals surface area contributed by atoms with Crippen LogP contribution in [-0.2, 0) is 0 Å². The van der Waals surface area contributed by atoms with Crippen molar-refractivity contribution in [2.45, 2.75) is 6.92 Å². The van der Waals surface area contributed by atoms with Gasteiger partial charge in [0, 0.05) is 12.3 Å². The molecule has 5 heteroatoms. The number of hydrogen-bond acceptors (Lipinski definition) is 4. The van der Waals surface area contributed by atoms with Crippen molar-refractivity contribution in [3.63, 3.8) is 0 Å². The second kappa shape index (κ2) is 3.77. The van der Waals surface area contributed by atoms with E-state index in [1.807, 2.05) is 0 Å². The molecule has 0 aliphatic heterocycles. The third kappa shape index (κ3) is 1.46. The summed E-state index contributed by atoms with van der Waals surface area (Å²) in [6, 6.07) is 4.88. The lowest BCUT2D eigenvalue weighted by atomic mass is 10.1. The summed E-state index contributed by atoms with van der Waals surface area (Å²) in [6.07, 6.45) is 1.58. The fourth-order valence-electron chi connectivity index (χ4n) is 1.74. The highest BCUT2D eigenvalue weighted by atomic mass is 16.6. The average Bonchev–Trinajstić information content (AvgIpc) is 2.29. The van der Waals surface area contributed by atoms with Crippen LogP contribution in [-0.4, -0.2) is 17.0 Å². The molecule has 0 saturated heterocycles. The van der Waals surface area contributed by atoms with Crippen LogP contribution in [0.25, 0.3) is 10.8 Å². The molecule has 0 aliphatic rings. The summed E-state index contributed by atoms with van der Waals surface area (Å²) in [5.74, 6) is 0.407. The minimum Gasteiger partial charge on any atom is -0.481 e. The van der Waals surface area contributed by atoms with Gasteiger partial charge in [0.25, 0.3) is 5.69 Å². The number of nitro groups is 1. The molecule has 0 spiro atoms. The second-order valence-electron chi connectivity index (χ2n) is 3.41. The van der Waals surface area contributed by atoms with Gasteiger partial charge in [-0.25, -0.2) is 4.98 Å². The number of ether oxygens (including phenoxy) is 1. The Morgan fingerprint density at radius 2 is 2.19 bits per heavy atom. The van der Waals surface area contributed by atoms with Gasteiger partial charge < -0.3 is 4.74 Å². The van der Waals surface area contributed by atoms with Gasteiger partial charge in [-0.2, -0.15) is 0 Å². The first-order valence-electron chi connectivity index (χ1n) is 4.72. The van der Waals surface area contributed by atoms with Crippen LogP contribution in [0.1, 0.15) is 5.56 Å². The van der Waals surface area contributed by atoms with Crippen molar-refractivity contribution in [2.75, 3.05) is 7.11 Å². The van der Waals surface area contributed by atoms with E-state index in [1.165, 1.54) is 13.2 Å². The Kier molecular flexibility index (Phi) is 2.44. The molecule has 0 bridgehead atoms. The Labute approximate surface area is 91.8 Å². The maximum atomic E-state index is 10.9. The highest BCUT2D eigenvalue weighted by Gasteiger charge is 2.16. The number of methoxy groups -OCH3 is 1. The Morgan fingerprint density at radius 1 is 1.44 bits per heavy atom. The maximum absolute atomic E-state index is 10.9. The van der Waals surface area contributed by atoms with Gasteiger partial charge in [-0.1, -0.05) is 6.07 Å². The molecule has 0 unspecified atom stereocenters. The highest BCUT2D eigenvalue weighted by molar-refractivity contribution is 5.96. The maximum Gasteiger partial charge on any atom is 0.277 e. The molecule has 0 fully saturated rings. The number of pyridine rings is 1. The Morgan fingerprint density at radius 3 is 2.81 bits per heavy atom. The van der Waals surface area contributed by atoms with Gasteiger partial charge in [0.2, 0.25) is 5.88 Å². The number of nitro benzene ring substituents is 1. The van der Waals surface area contributed by atoms with Crippen LogP contribution < -0.4 is 4.74 Å². The molecule has 0 amide bonds. The van der Waals surface area contributed by atoms with E-state index >= 15 is 0 Å². The monoisotopic (exact) mass is 218 g/mol. The summed E-state index contributed by atoms with van der Waals surface area (Å²) >= 11 is 0. The fraction of sp³-hybridized carbons (Fsp3) is 0.182. The van der Waals surface area contributed by atoms with Crippen LogP contribution in [0.3, 0.4) is 0 Å². The van der Waals surface area contributed by atoms with Gasteiger partial charge in [-0.3, -0.25) is 10.1 Å². The zero-order chi connectivity index (χ0) is 11.7. The molecule has 0 saturated carbocycles. The first-order chi connectivity index (χ1) is 7.65. The summed E-state index contributed by atoms with van der Waals surface area (Å²) in [5.41, 5.74) is 0.846.